The van der Waals surface area contributed by atoms with Gasteiger partial charge in [0.15, 0.2) is 11.9 Å². The maximum atomic E-state index is 11.8. The predicted octanol–water partition coefficient (Wildman–Crippen LogP) is 0.939. The predicted molar refractivity (Wildman–Crippen MR) is 54.1 cm³/mol. The number of fused-ring (bicyclic) bond motifs is 1. The van der Waals surface area contributed by atoms with Gasteiger partial charge in [-0.1, -0.05) is 0 Å². The topological polar surface area (TPSA) is 74.6 Å². The average molecular weight is 226 g/mol. The van der Waals surface area contributed by atoms with Crippen molar-refractivity contribution in [2.75, 3.05) is 0 Å². The Balaban J connectivity index is 2.27. The normalized spacial score (nSPS) is 22.2. The summed E-state index contributed by atoms with van der Waals surface area (Å²) in [6.45, 7) is 0. The highest BCUT2D eigenvalue weighted by Gasteiger charge is 2.36. The van der Waals surface area contributed by atoms with E-state index in [1.165, 1.54) is 11.3 Å². The molecule has 0 bridgehead atoms. The van der Waals surface area contributed by atoms with Crippen molar-refractivity contribution in [3.05, 3.63) is 21.9 Å². The lowest BCUT2D eigenvalue weighted by atomic mass is 9.83. The Hall–Kier alpha value is -1.20. The number of hydrogen-bond acceptors (Lipinski definition) is 4. The molecule has 4 nitrogen and oxygen atoms in total. The molecule has 1 aliphatic rings. The number of carboxylic acids is 1. The Bertz CT molecular complexity index is 409. The molecule has 0 aromatic carbocycles. The number of carbonyl (C=O) groups excluding carboxylic acids is 1. The maximum absolute atomic E-state index is 11.8. The van der Waals surface area contributed by atoms with Gasteiger partial charge in [0.25, 0.3) is 0 Å². The molecule has 80 valence electrons. The van der Waals surface area contributed by atoms with Crippen molar-refractivity contribution in [3.63, 3.8) is 0 Å². The largest absolute Gasteiger partial charge is 0.479 e. The molecule has 15 heavy (non-hydrogen) atoms. The number of aliphatic carboxylic acids is 1. The summed E-state index contributed by atoms with van der Waals surface area (Å²) in [5.41, 5.74) is 0.580. The fourth-order valence-electron chi connectivity index (χ4n) is 1.84. The summed E-state index contributed by atoms with van der Waals surface area (Å²) in [7, 11) is 0. The number of ketones is 1. The Kier molecular flexibility index (Phi) is 2.58. The van der Waals surface area contributed by atoms with E-state index in [1.54, 1.807) is 6.07 Å². The standard InChI is InChI=1S/C10H10O4S/c11-8-5-3-4-15-7(5)2-1-6(8)9(12)10(13)14/h3-4,6,9,12H,1-2H2,(H,13,14)/t6-,9+/m1/s1. The zero-order valence-electron chi connectivity index (χ0n) is 7.84. The van der Waals surface area contributed by atoms with Crippen LogP contribution >= 0.6 is 11.3 Å². The monoisotopic (exact) mass is 226 g/mol. The van der Waals surface area contributed by atoms with Gasteiger partial charge in [-0.2, -0.15) is 0 Å². The lowest BCUT2D eigenvalue weighted by Gasteiger charge is -2.22. The van der Waals surface area contributed by atoms with Crippen LogP contribution in [0.2, 0.25) is 0 Å². The molecule has 0 radical (unpaired) electrons. The minimum absolute atomic E-state index is 0.243. The van der Waals surface area contributed by atoms with E-state index in [0.29, 0.717) is 18.4 Å². The summed E-state index contributed by atoms with van der Waals surface area (Å²) in [4.78, 5) is 23.4. The first kappa shape index (κ1) is 10.3. The summed E-state index contributed by atoms with van der Waals surface area (Å²) < 4.78 is 0. The Morgan fingerprint density at radius 3 is 3.00 bits per heavy atom. The Morgan fingerprint density at radius 1 is 1.60 bits per heavy atom. The van der Waals surface area contributed by atoms with Gasteiger partial charge in [0, 0.05) is 10.4 Å². The molecular formula is C10H10O4S. The first-order valence-corrected chi connectivity index (χ1v) is 5.50. The van der Waals surface area contributed by atoms with Crippen LogP contribution in [0.5, 0.6) is 0 Å². The van der Waals surface area contributed by atoms with Gasteiger partial charge in [0.05, 0.1) is 5.92 Å². The lowest BCUT2D eigenvalue weighted by molar-refractivity contribution is -0.148. The van der Waals surface area contributed by atoms with Crippen LogP contribution in [-0.2, 0) is 11.2 Å². The van der Waals surface area contributed by atoms with Gasteiger partial charge in [-0.3, -0.25) is 4.79 Å². The summed E-state index contributed by atoms with van der Waals surface area (Å²) >= 11 is 1.50. The van der Waals surface area contributed by atoms with Crippen LogP contribution in [0.4, 0.5) is 0 Å². The third-order valence-corrected chi connectivity index (χ3v) is 3.64. The van der Waals surface area contributed by atoms with Crippen molar-refractivity contribution in [1.82, 2.24) is 0 Å². The zero-order chi connectivity index (χ0) is 11.0. The summed E-state index contributed by atoms with van der Waals surface area (Å²) in [5, 5.41) is 19.8. The van der Waals surface area contributed by atoms with Gasteiger partial charge in [-0.15, -0.1) is 11.3 Å². The zero-order valence-corrected chi connectivity index (χ0v) is 8.66. The highest BCUT2D eigenvalue weighted by Crippen LogP contribution is 2.31. The van der Waals surface area contributed by atoms with Crippen LogP contribution in [0.15, 0.2) is 11.4 Å². The van der Waals surface area contributed by atoms with Crippen molar-refractivity contribution in [2.45, 2.75) is 18.9 Å². The minimum Gasteiger partial charge on any atom is -0.479 e. The summed E-state index contributed by atoms with van der Waals surface area (Å²) in [6.07, 6.45) is -0.487. The average Bonchev–Trinajstić information content (AvgIpc) is 2.66. The molecule has 0 unspecified atom stereocenters. The molecule has 0 saturated heterocycles. The molecule has 0 saturated carbocycles. The smallest absolute Gasteiger partial charge is 0.333 e. The summed E-state index contributed by atoms with van der Waals surface area (Å²) in [6, 6.07) is 1.70. The van der Waals surface area contributed by atoms with E-state index < -0.39 is 18.0 Å². The number of rotatable bonds is 2. The van der Waals surface area contributed by atoms with Crippen molar-refractivity contribution in [3.8, 4) is 0 Å². The molecule has 0 fully saturated rings. The fraction of sp³-hybridized carbons (Fsp3) is 0.400. The molecule has 1 aliphatic carbocycles. The SMILES string of the molecule is O=C(O)[C@@H](O)[C@@H]1CCc2sccc2C1=O. The molecule has 1 aromatic rings. The second kappa shape index (κ2) is 3.75. The van der Waals surface area contributed by atoms with Gasteiger partial charge < -0.3 is 10.2 Å². The number of aryl methyl sites for hydroxylation is 1. The first-order chi connectivity index (χ1) is 7.11. The van der Waals surface area contributed by atoms with Gasteiger partial charge in [-0.25, -0.2) is 4.79 Å². The Labute approximate surface area is 90.2 Å². The van der Waals surface area contributed by atoms with Crippen LogP contribution in [-0.4, -0.2) is 28.1 Å². The van der Waals surface area contributed by atoms with Crippen LogP contribution in [0.25, 0.3) is 0 Å². The number of aliphatic hydroxyl groups excluding tert-OH is 1. The number of hydrogen-bond donors (Lipinski definition) is 2. The van der Waals surface area contributed by atoms with Crippen molar-refractivity contribution >= 4 is 23.1 Å². The highest BCUT2D eigenvalue weighted by molar-refractivity contribution is 7.10. The maximum Gasteiger partial charge on any atom is 0.333 e. The molecule has 2 rings (SSSR count). The third-order valence-electron chi connectivity index (χ3n) is 2.66. The molecule has 2 atom stereocenters. The number of carbonyl (C=O) groups is 2. The number of thiophene rings is 1. The number of aliphatic hydroxyl groups is 1. The fourth-order valence-corrected chi connectivity index (χ4v) is 2.74. The van der Waals surface area contributed by atoms with Gasteiger partial charge in [0.2, 0.25) is 0 Å². The molecule has 0 spiro atoms. The highest BCUT2D eigenvalue weighted by atomic mass is 32.1. The molecule has 0 aliphatic heterocycles. The van der Waals surface area contributed by atoms with Crippen molar-refractivity contribution in [1.29, 1.82) is 0 Å². The third kappa shape index (κ3) is 1.68. The molecule has 2 N–H and O–H groups in total. The van der Waals surface area contributed by atoms with Gasteiger partial charge in [-0.05, 0) is 24.3 Å². The van der Waals surface area contributed by atoms with Crippen LogP contribution in [0.1, 0.15) is 21.7 Å². The molecular weight excluding hydrogens is 216 g/mol. The minimum atomic E-state index is -1.58. The Morgan fingerprint density at radius 2 is 2.33 bits per heavy atom. The van der Waals surface area contributed by atoms with E-state index in [1.807, 2.05) is 5.38 Å². The van der Waals surface area contributed by atoms with Crippen molar-refractivity contribution in [2.24, 2.45) is 5.92 Å². The van der Waals surface area contributed by atoms with Gasteiger partial charge >= 0.3 is 5.97 Å². The van der Waals surface area contributed by atoms with E-state index in [9.17, 15) is 14.7 Å². The number of Topliss-reactive ketones (excluding diaryl/α,β-unsaturated/α-hetero) is 1. The van der Waals surface area contributed by atoms with E-state index in [-0.39, 0.29) is 5.78 Å². The van der Waals surface area contributed by atoms with Gasteiger partial charge in [0.1, 0.15) is 0 Å². The molecule has 5 heteroatoms. The lowest BCUT2D eigenvalue weighted by Crippen LogP contribution is -2.37. The van der Waals surface area contributed by atoms with Crippen LogP contribution in [0.3, 0.4) is 0 Å². The quantitative estimate of drug-likeness (QED) is 0.787. The van der Waals surface area contributed by atoms with Crippen molar-refractivity contribution < 1.29 is 19.8 Å². The first-order valence-electron chi connectivity index (χ1n) is 4.62. The molecule has 1 heterocycles. The summed E-state index contributed by atoms with van der Waals surface area (Å²) in [5.74, 6) is -2.36. The van der Waals surface area contributed by atoms with E-state index in [2.05, 4.69) is 0 Å². The van der Waals surface area contributed by atoms with E-state index >= 15 is 0 Å². The van der Waals surface area contributed by atoms with E-state index in [4.69, 9.17) is 5.11 Å². The second-order valence-electron chi connectivity index (χ2n) is 3.55. The van der Waals surface area contributed by atoms with Crippen LogP contribution in [0, 0.1) is 5.92 Å². The molecule has 0 amide bonds. The van der Waals surface area contributed by atoms with Crippen LogP contribution < -0.4 is 0 Å². The second-order valence-corrected chi connectivity index (χ2v) is 4.55. The number of carboxylic acid groups (broad SMARTS) is 1. The molecule has 1 aromatic heterocycles. The van der Waals surface area contributed by atoms with E-state index in [0.717, 1.165) is 4.88 Å².